The summed E-state index contributed by atoms with van der Waals surface area (Å²) < 4.78 is 33.6. The number of pyridine rings is 1. The van der Waals surface area contributed by atoms with E-state index in [1.165, 1.54) is 12.1 Å². The lowest BCUT2D eigenvalue weighted by Gasteiger charge is -2.41. The van der Waals surface area contributed by atoms with Crippen LogP contribution in [0.1, 0.15) is 32.1 Å². The number of rotatable bonds is 8. The maximum atomic E-state index is 12.7. The van der Waals surface area contributed by atoms with E-state index < -0.39 is 10.0 Å². The molecule has 1 amide bonds. The number of likely N-dealkylation sites (tertiary alicyclic amines) is 2. The minimum absolute atomic E-state index is 0.00631. The number of amides is 1. The molecule has 2 fully saturated rings. The van der Waals surface area contributed by atoms with Gasteiger partial charge in [-0.25, -0.2) is 13.1 Å². The Morgan fingerprint density at radius 2 is 1.63 bits per heavy atom. The molecule has 0 unspecified atom stereocenters. The average Bonchev–Trinajstić information content (AvgIpc) is 2.85. The van der Waals surface area contributed by atoms with Crippen molar-refractivity contribution in [2.45, 2.75) is 49.1 Å². The Morgan fingerprint density at radius 1 is 1.00 bits per heavy atom. The standard InChI is InChI=1S/C24H30Cl2N4O4S/c25-21-2-1-3-22(26)24(21)35(32,33)28-13-6-23(31)30-14-7-18(8-15-30)29-16-9-20(10-17-29)34-19-4-11-27-12-5-19/h1-5,11-12,18,20,28H,6-10,13-17H2. The van der Waals surface area contributed by atoms with Crippen LogP contribution in [0.3, 0.4) is 0 Å². The average molecular weight is 542 g/mol. The molecule has 4 rings (SSSR count). The summed E-state index contributed by atoms with van der Waals surface area (Å²) in [5.41, 5.74) is 0. The van der Waals surface area contributed by atoms with Crippen LogP contribution >= 0.6 is 23.2 Å². The molecule has 2 aromatic rings. The van der Waals surface area contributed by atoms with E-state index in [0.29, 0.717) is 19.1 Å². The SMILES string of the molecule is O=C(CCNS(=O)(=O)c1c(Cl)cccc1Cl)N1CCC(N2CCC(Oc3ccncc3)CC2)CC1. The molecule has 0 saturated carbocycles. The van der Waals surface area contributed by atoms with E-state index in [4.69, 9.17) is 27.9 Å². The van der Waals surface area contributed by atoms with E-state index in [-0.39, 0.29) is 39.9 Å². The number of carbonyl (C=O) groups excluding carboxylic acids is 1. The van der Waals surface area contributed by atoms with E-state index in [2.05, 4.69) is 14.6 Å². The highest BCUT2D eigenvalue weighted by atomic mass is 35.5. The van der Waals surface area contributed by atoms with E-state index in [9.17, 15) is 13.2 Å². The second-order valence-corrected chi connectivity index (χ2v) is 11.4. The zero-order valence-corrected chi connectivity index (χ0v) is 21.7. The van der Waals surface area contributed by atoms with E-state index in [1.54, 1.807) is 18.5 Å². The molecule has 2 aliphatic rings. The number of halogens is 2. The van der Waals surface area contributed by atoms with Gasteiger partial charge in [0, 0.05) is 57.6 Å². The predicted octanol–water partition coefficient (Wildman–Crippen LogP) is 3.59. The molecule has 190 valence electrons. The highest BCUT2D eigenvalue weighted by Crippen LogP contribution is 2.29. The van der Waals surface area contributed by atoms with Crippen LogP contribution in [0.2, 0.25) is 10.0 Å². The second-order valence-electron chi connectivity index (χ2n) is 8.85. The Balaban J connectivity index is 1.18. The molecular weight excluding hydrogens is 511 g/mol. The molecule has 2 saturated heterocycles. The first-order valence-corrected chi connectivity index (χ1v) is 14.1. The minimum Gasteiger partial charge on any atom is -0.490 e. The zero-order valence-electron chi connectivity index (χ0n) is 19.4. The van der Waals surface area contributed by atoms with Crippen LogP contribution < -0.4 is 9.46 Å². The van der Waals surface area contributed by atoms with Gasteiger partial charge in [-0.2, -0.15) is 0 Å². The van der Waals surface area contributed by atoms with Crippen molar-refractivity contribution in [3.63, 3.8) is 0 Å². The van der Waals surface area contributed by atoms with Crippen molar-refractivity contribution in [2.24, 2.45) is 0 Å². The van der Waals surface area contributed by atoms with E-state index in [0.717, 1.165) is 44.5 Å². The predicted molar refractivity (Wildman–Crippen MR) is 135 cm³/mol. The highest BCUT2D eigenvalue weighted by molar-refractivity contribution is 7.89. The Bertz CT molecular complexity index is 1080. The summed E-state index contributed by atoms with van der Waals surface area (Å²) in [5.74, 6) is 0.809. The summed E-state index contributed by atoms with van der Waals surface area (Å²) in [6.07, 6.45) is 7.59. The van der Waals surface area contributed by atoms with Crippen molar-refractivity contribution < 1.29 is 17.9 Å². The van der Waals surface area contributed by atoms with Crippen molar-refractivity contribution in [3.05, 3.63) is 52.8 Å². The molecule has 2 aliphatic heterocycles. The number of hydrogen-bond donors (Lipinski definition) is 1. The topological polar surface area (TPSA) is 91.8 Å². The Labute approximate surface area is 216 Å². The monoisotopic (exact) mass is 540 g/mol. The molecule has 0 atom stereocenters. The smallest absolute Gasteiger partial charge is 0.243 e. The van der Waals surface area contributed by atoms with Gasteiger partial charge in [-0.1, -0.05) is 29.3 Å². The van der Waals surface area contributed by atoms with Gasteiger partial charge >= 0.3 is 0 Å². The number of piperidine rings is 2. The molecule has 1 aromatic heterocycles. The lowest BCUT2D eigenvalue weighted by Crippen LogP contribution is -2.50. The lowest BCUT2D eigenvalue weighted by atomic mass is 9.98. The third kappa shape index (κ3) is 6.86. The van der Waals surface area contributed by atoms with Crippen molar-refractivity contribution in [1.29, 1.82) is 0 Å². The molecule has 11 heteroatoms. The maximum Gasteiger partial charge on any atom is 0.243 e. The van der Waals surface area contributed by atoms with Gasteiger partial charge in [-0.15, -0.1) is 0 Å². The van der Waals surface area contributed by atoms with Gasteiger partial charge in [0.25, 0.3) is 0 Å². The molecule has 1 aromatic carbocycles. The summed E-state index contributed by atoms with van der Waals surface area (Å²) >= 11 is 12.0. The third-order valence-electron chi connectivity index (χ3n) is 6.58. The number of aromatic nitrogens is 1. The van der Waals surface area contributed by atoms with Crippen LogP contribution in [-0.2, 0) is 14.8 Å². The molecule has 0 bridgehead atoms. The maximum absolute atomic E-state index is 12.7. The number of ether oxygens (including phenoxy) is 1. The van der Waals surface area contributed by atoms with Crippen LogP contribution in [0, 0.1) is 0 Å². The molecule has 0 spiro atoms. The third-order valence-corrected chi connectivity index (χ3v) is 9.00. The number of carbonyl (C=O) groups is 1. The fraction of sp³-hybridized carbons (Fsp3) is 0.500. The normalized spacial score (nSPS) is 18.5. The molecule has 35 heavy (non-hydrogen) atoms. The van der Waals surface area contributed by atoms with E-state index >= 15 is 0 Å². The van der Waals surface area contributed by atoms with Crippen molar-refractivity contribution in [3.8, 4) is 5.75 Å². The fourth-order valence-electron chi connectivity index (χ4n) is 4.71. The Hall–Kier alpha value is -1.91. The fourth-order valence-corrected chi connectivity index (χ4v) is 6.88. The molecule has 0 radical (unpaired) electrons. The van der Waals surface area contributed by atoms with Crippen LogP contribution in [0.25, 0.3) is 0 Å². The van der Waals surface area contributed by atoms with Gasteiger partial charge in [-0.3, -0.25) is 14.7 Å². The molecule has 0 aliphatic carbocycles. The summed E-state index contributed by atoms with van der Waals surface area (Å²) in [6, 6.07) is 8.74. The first kappa shape index (κ1) is 26.2. The molecule has 3 heterocycles. The number of sulfonamides is 1. The summed E-state index contributed by atoms with van der Waals surface area (Å²) in [4.78, 5) is 20.9. The first-order chi connectivity index (χ1) is 16.8. The number of nitrogens with zero attached hydrogens (tertiary/aromatic N) is 3. The van der Waals surface area contributed by atoms with Gasteiger partial charge in [0.2, 0.25) is 15.9 Å². The van der Waals surface area contributed by atoms with Crippen molar-refractivity contribution in [1.82, 2.24) is 19.5 Å². The minimum atomic E-state index is -3.90. The number of nitrogens with one attached hydrogen (secondary N) is 1. The highest BCUT2D eigenvalue weighted by Gasteiger charge is 2.30. The van der Waals surface area contributed by atoms with Crippen molar-refractivity contribution >= 4 is 39.1 Å². The molecule has 8 nitrogen and oxygen atoms in total. The van der Waals surface area contributed by atoms with Gasteiger partial charge in [-0.05, 0) is 49.9 Å². The summed E-state index contributed by atoms with van der Waals surface area (Å²) in [7, 11) is -3.90. The van der Waals surface area contributed by atoms with Crippen LogP contribution in [0.15, 0.2) is 47.6 Å². The molecular formula is C24H30Cl2N4O4S. The van der Waals surface area contributed by atoms with Crippen molar-refractivity contribution in [2.75, 3.05) is 32.7 Å². The van der Waals surface area contributed by atoms with Crippen LogP contribution in [-0.4, -0.2) is 74.0 Å². The summed E-state index contributed by atoms with van der Waals surface area (Å²) in [6.45, 7) is 3.33. The van der Waals surface area contributed by atoms with E-state index in [1.807, 2.05) is 17.0 Å². The number of benzene rings is 1. The van der Waals surface area contributed by atoms with Crippen LogP contribution in [0.4, 0.5) is 0 Å². The van der Waals surface area contributed by atoms with Gasteiger partial charge < -0.3 is 9.64 Å². The number of hydrogen-bond acceptors (Lipinski definition) is 6. The quantitative estimate of drug-likeness (QED) is 0.550. The summed E-state index contributed by atoms with van der Waals surface area (Å²) in [5, 5.41) is 0.0951. The van der Waals surface area contributed by atoms with Gasteiger partial charge in [0.15, 0.2) is 0 Å². The second kappa shape index (κ2) is 11.9. The van der Waals surface area contributed by atoms with Crippen LogP contribution in [0.5, 0.6) is 5.75 Å². The lowest BCUT2D eigenvalue weighted by molar-refractivity contribution is -0.132. The largest absolute Gasteiger partial charge is 0.490 e. The zero-order chi connectivity index (χ0) is 24.8. The Kier molecular flexibility index (Phi) is 8.88. The Morgan fingerprint density at radius 3 is 2.26 bits per heavy atom. The first-order valence-electron chi connectivity index (χ1n) is 11.9. The molecule has 1 N–H and O–H groups in total. The van der Waals surface area contributed by atoms with Gasteiger partial charge in [0.05, 0.1) is 10.0 Å². The van der Waals surface area contributed by atoms with Gasteiger partial charge in [0.1, 0.15) is 16.7 Å².